The Balaban J connectivity index is 1.96. The Kier molecular flexibility index (Phi) is 4.39. The summed E-state index contributed by atoms with van der Waals surface area (Å²) in [6.45, 7) is 10.2. The number of aliphatic hydroxyl groups is 1. The van der Waals surface area contributed by atoms with Gasteiger partial charge in [-0.2, -0.15) is 0 Å². The molecule has 0 bridgehead atoms. The predicted octanol–water partition coefficient (Wildman–Crippen LogP) is 3.83. The number of halogens is 1. The summed E-state index contributed by atoms with van der Waals surface area (Å²) in [5.41, 5.74) is 2.02. The van der Waals surface area contributed by atoms with Crippen LogP contribution in [0.25, 0.3) is 0 Å². The van der Waals surface area contributed by atoms with Crippen LogP contribution >= 0.6 is 15.9 Å². The Morgan fingerprint density at radius 3 is 2.52 bits per heavy atom. The number of hydrogen-bond acceptors (Lipinski definition) is 3. The van der Waals surface area contributed by atoms with E-state index in [1.807, 2.05) is 0 Å². The van der Waals surface area contributed by atoms with Crippen LogP contribution in [0.5, 0.6) is 0 Å². The van der Waals surface area contributed by atoms with Gasteiger partial charge in [0.1, 0.15) is 8.07 Å². The van der Waals surface area contributed by atoms with E-state index in [-0.39, 0.29) is 5.41 Å². The highest BCUT2D eigenvalue weighted by molar-refractivity contribution is 9.11. The predicted molar refractivity (Wildman–Crippen MR) is 97.8 cm³/mol. The van der Waals surface area contributed by atoms with Crippen LogP contribution in [0, 0.1) is 22.8 Å². The minimum atomic E-state index is -1.56. The number of rotatable bonds is 0. The highest BCUT2D eigenvalue weighted by atomic mass is 79.9. The first-order valence-corrected chi connectivity index (χ1v) is 12.8. The fourth-order valence-corrected chi connectivity index (χ4v) is 5.38. The Labute approximate surface area is 149 Å². The number of ether oxygens (including phenoxy) is 2. The van der Waals surface area contributed by atoms with Crippen molar-refractivity contribution in [3.63, 3.8) is 0 Å². The maximum atomic E-state index is 11.5. The van der Waals surface area contributed by atoms with Crippen molar-refractivity contribution >= 4 is 24.0 Å². The summed E-state index contributed by atoms with van der Waals surface area (Å²) in [5.74, 6) is 3.17. The zero-order valence-corrected chi connectivity index (χ0v) is 17.1. The number of hydrogen-bond donors (Lipinski definition) is 1. The second-order valence-electron chi connectivity index (χ2n) is 8.42. The third kappa shape index (κ3) is 2.98. The molecule has 3 atom stereocenters. The highest BCUT2D eigenvalue weighted by Crippen LogP contribution is 2.59. The van der Waals surface area contributed by atoms with Gasteiger partial charge in [-0.1, -0.05) is 54.5 Å². The van der Waals surface area contributed by atoms with E-state index < -0.39 is 19.5 Å². The van der Waals surface area contributed by atoms with Crippen molar-refractivity contribution in [2.75, 3.05) is 13.2 Å². The van der Waals surface area contributed by atoms with E-state index in [0.29, 0.717) is 19.1 Å². The van der Waals surface area contributed by atoms with Gasteiger partial charge in [-0.25, -0.2) is 0 Å². The molecule has 3 rings (SSSR count). The first kappa shape index (κ1) is 17.7. The van der Waals surface area contributed by atoms with Gasteiger partial charge < -0.3 is 14.6 Å². The van der Waals surface area contributed by atoms with Gasteiger partial charge in [-0.15, -0.1) is 5.54 Å². The van der Waals surface area contributed by atoms with Crippen molar-refractivity contribution in [2.45, 2.75) is 63.6 Å². The molecule has 0 radical (unpaired) electrons. The molecular formula is C18H27BrO3Si. The third-order valence-corrected chi connectivity index (χ3v) is 7.44. The van der Waals surface area contributed by atoms with Crippen molar-refractivity contribution in [3.8, 4) is 11.5 Å². The van der Waals surface area contributed by atoms with Crippen molar-refractivity contribution in [1.29, 1.82) is 0 Å². The fourth-order valence-electron chi connectivity index (χ4n) is 4.08. The highest BCUT2D eigenvalue weighted by Gasteiger charge is 2.60. The van der Waals surface area contributed by atoms with E-state index in [0.717, 1.165) is 30.2 Å². The maximum Gasteiger partial charge on any atom is 0.168 e. The number of fused-ring (bicyclic) bond motifs is 1. The number of allylic oxidation sites excluding steroid dienone is 1. The molecule has 0 aromatic heterocycles. The Morgan fingerprint density at radius 1 is 1.26 bits per heavy atom. The van der Waals surface area contributed by atoms with Crippen LogP contribution < -0.4 is 0 Å². The summed E-state index contributed by atoms with van der Waals surface area (Å²) >= 11 is 3.61. The molecule has 3 aliphatic rings. The van der Waals surface area contributed by atoms with Crippen LogP contribution in [0.15, 0.2) is 10.6 Å². The van der Waals surface area contributed by atoms with Crippen molar-refractivity contribution in [2.24, 2.45) is 11.3 Å². The first-order valence-electron chi connectivity index (χ1n) is 8.51. The molecule has 2 aliphatic carbocycles. The zero-order valence-electron chi connectivity index (χ0n) is 14.5. The summed E-state index contributed by atoms with van der Waals surface area (Å²) in [4.78, 5) is 0. The Bertz CT molecular complexity index is 579. The van der Waals surface area contributed by atoms with E-state index in [1.54, 1.807) is 0 Å². The van der Waals surface area contributed by atoms with Gasteiger partial charge in [-0.05, 0) is 18.8 Å². The molecule has 0 aromatic carbocycles. The molecule has 23 heavy (non-hydrogen) atoms. The van der Waals surface area contributed by atoms with E-state index in [2.05, 4.69) is 60.0 Å². The average molecular weight is 399 g/mol. The first-order chi connectivity index (χ1) is 10.6. The molecule has 3 nitrogen and oxygen atoms in total. The molecule has 0 aromatic rings. The molecule has 1 spiro atoms. The molecule has 0 amide bonds. The normalized spacial score (nSPS) is 39.4. The minimum absolute atomic E-state index is 0.270. The summed E-state index contributed by atoms with van der Waals surface area (Å²) in [5, 5.41) is 11.5. The molecule has 128 valence electrons. The van der Waals surface area contributed by atoms with E-state index in [9.17, 15) is 5.11 Å². The molecule has 1 aliphatic heterocycles. The van der Waals surface area contributed by atoms with Gasteiger partial charge in [0.15, 0.2) is 11.4 Å². The lowest BCUT2D eigenvalue weighted by Gasteiger charge is -2.55. The van der Waals surface area contributed by atoms with E-state index in [4.69, 9.17) is 9.47 Å². The van der Waals surface area contributed by atoms with E-state index >= 15 is 0 Å². The van der Waals surface area contributed by atoms with Crippen LogP contribution in [0.4, 0.5) is 0 Å². The van der Waals surface area contributed by atoms with Gasteiger partial charge in [0.2, 0.25) is 0 Å². The van der Waals surface area contributed by atoms with Gasteiger partial charge in [0.25, 0.3) is 0 Å². The second kappa shape index (κ2) is 5.71. The van der Waals surface area contributed by atoms with Crippen LogP contribution in [-0.4, -0.2) is 37.8 Å². The summed E-state index contributed by atoms with van der Waals surface area (Å²) in [6, 6.07) is 0. The van der Waals surface area contributed by atoms with Crippen LogP contribution in [0.1, 0.15) is 32.6 Å². The molecule has 1 N–H and O–H groups in total. The summed E-state index contributed by atoms with van der Waals surface area (Å²) < 4.78 is 12.7. The average Bonchev–Trinajstić information content (AvgIpc) is 2.92. The molecule has 0 unspecified atom stereocenters. The molecule has 2 fully saturated rings. The topological polar surface area (TPSA) is 38.7 Å². The lowest BCUT2D eigenvalue weighted by Crippen LogP contribution is -2.58. The van der Waals surface area contributed by atoms with Crippen molar-refractivity contribution < 1.29 is 14.6 Å². The lowest BCUT2D eigenvalue weighted by molar-refractivity contribution is -0.221. The molecule has 1 saturated carbocycles. The van der Waals surface area contributed by atoms with Crippen LogP contribution in [0.3, 0.4) is 0 Å². The van der Waals surface area contributed by atoms with Gasteiger partial charge in [0, 0.05) is 22.7 Å². The fraction of sp³-hybridized carbons (Fsp3) is 0.778. The van der Waals surface area contributed by atoms with Crippen LogP contribution in [-0.2, 0) is 9.47 Å². The standard InChI is InChI=1S/C18H27BrO3Si/c1-16-7-8-17(21-10-11-22-17)13-14(16)5-6-15(19)18(16,20)9-12-23(2,3)4/h6,14,20H,5,7-8,10-11,13H2,1-4H3/t14-,16+,18-/m1/s1. The largest absolute Gasteiger partial charge is 0.372 e. The maximum absolute atomic E-state index is 11.5. The van der Waals surface area contributed by atoms with Gasteiger partial charge >= 0.3 is 0 Å². The lowest BCUT2D eigenvalue weighted by atomic mass is 9.54. The quantitative estimate of drug-likeness (QED) is 0.497. The van der Waals surface area contributed by atoms with Gasteiger partial charge in [-0.3, -0.25) is 0 Å². The van der Waals surface area contributed by atoms with Gasteiger partial charge in [0.05, 0.1) is 13.2 Å². The van der Waals surface area contributed by atoms with Crippen molar-refractivity contribution in [3.05, 3.63) is 10.6 Å². The second-order valence-corrected chi connectivity index (χ2v) is 14.0. The smallest absolute Gasteiger partial charge is 0.168 e. The van der Waals surface area contributed by atoms with Crippen molar-refractivity contribution in [1.82, 2.24) is 0 Å². The van der Waals surface area contributed by atoms with Crippen LogP contribution in [0.2, 0.25) is 19.6 Å². The SMILES string of the molecule is C[C@]12CCC3(C[C@H]1CC=C(Br)[C@]2(O)C#C[Si](C)(C)C)OCCO3. The third-order valence-electron chi connectivity index (χ3n) is 5.67. The Morgan fingerprint density at radius 2 is 1.91 bits per heavy atom. The summed E-state index contributed by atoms with van der Waals surface area (Å²) in [7, 11) is -1.56. The molecule has 1 heterocycles. The Hall–Kier alpha value is -0.123. The zero-order chi connectivity index (χ0) is 16.9. The summed E-state index contributed by atoms with van der Waals surface area (Å²) in [6.07, 6.45) is 5.56. The molecule has 5 heteroatoms. The molecular weight excluding hydrogens is 372 g/mol. The monoisotopic (exact) mass is 398 g/mol. The minimum Gasteiger partial charge on any atom is -0.372 e. The molecule has 1 saturated heterocycles. The van der Waals surface area contributed by atoms with E-state index in [1.165, 1.54) is 0 Å².